The van der Waals surface area contributed by atoms with Gasteiger partial charge in [0.25, 0.3) is 0 Å². The first-order valence-corrected chi connectivity index (χ1v) is 6.38. The molecule has 0 radical (unpaired) electrons. The third-order valence-corrected chi connectivity index (χ3v) is 2.92. The van der Waals surface area contributed by atoms with Crippen LogP contribution in [0.2, 0.25) is 5.28 Å². The normalized spacial score (nSPS) is 10.5. The van der Waals surface area contributed by atoms with Crippen LogP contribution in [0, 0.1) is 6.92 Å². The van der Waals surface area contributed by atoms with Gasteiger partial charge in [0.1, 0.15) is 11.5 Å². The van der Waals surface area contributed by atoms with Crippen LogP contribution in [0.3, 0.4) is 0 Å². The number of rotatable bonds is 3. The van der Waals surface area contributed by atoms with E-state index >= 15 is 0 Å². The van der Waals surface area contributed by atoms with E-state index in [1.165, 1.54) is 5.56 Å². The number of halogens is 1. The fourth-order valence-electron chi connectivity index (χ4n) is 1.73. The maximum absolute atomic E-state index is 5.72. The summed E-state index contributed by atoms with van der Waals surface area (Å²) in [6.07, 6.45) is 1.56. The Labute approximate surface area is 120 Å². The van der Waals surface area contributed by atoms with Crippen molar-refractivity contribution in [1.29, 1.82) is 0 Å². The summed E-state index contributed by atoms with van der Waals surface area (Å²) >= 11 is 5.72. The highest BCUT2D eigenvalue weighted by atomic mass is 35.5. The average Bonchev–Trinajstić information content (AvgIpc) is 2.88. The standard InChI is InChI=1S/C14H11ClN4O/c1-9-2-4-10(5-3-9)11-8-13(20-19-11)17-12-6-7-16-14(15)18-12/h2-8H,1H3,(H,16,17,18). The van der Waals surface area contributed by atoms with Crippen LogP contribution in [0.5, 0.6) is 0 Å². The molecular weight excluding hydrogens is 276 g/mol. The van der Waals surface area contributed by atoms with Gasteiger partial charge >= 0.3 is 0 Å². The second-order valence-electron chi connectivity index (χ2n) is 4.28. The number of anilines is 2. The number of hydrogen-bond donors (Lipinski definition) is 1. The van der Waals surface area contributed by atoms with Gasteiger partial charge in [0.15, 0.2) is 0 Å². The van der Waals surface area contributed by atoms with Crippen molar-refractivity contribution in [3.05, 3.63) is 53.4 Å². The summed E-state index contributed by atoms with van der Waals surface area (Å²) in [5.74, 6) is 1.05. The van der Waals surface area contributed by atoms with Crippen molar-refractivity contribution in [3.8, 4) is 11.3 Å². The van der Waals surface area contributed by atoms with Gasteiger partial charge in [0, 0.05) is 17.8 Å². The zero-order chi connectivity index (χ0) is 13.9. The minimum Gasteiger partial charge on any atom is -0.338 e. The molecule has 0 saturated carbocycles. The molecular formula is C14H11ClN4O. The third kappa shape index (κ3) is 2.78. The number of nitrogens with one attached hydrogen (secondary N) is 1. The van der Waals surface area contributed by atoms with Gasteiger partial charge in [-0.2, -0.15) is 0 Å². The van der Waals surface area contributed by atoms with Crippen molar-refractivity contribution in [1.82, 2.24) is 15.1 Å². The predicted octanol–water partition coefficient (Wildman–Crippen LogP) is 3.84. The van der Waals surface area contributed by atoms with Crippen LogP contribution in [0.4, 0.5) is 11.7 Å². The number of nitrogens with zero attached hydrogens (tertiary/aromatic N) is 3. The van der Waals surface area contributed by atoms with E-state index in [-0.39, 0.29) is 5.28 Å². The molecule has 2 heterocycles. The largest absolute Gasteiger partial charge is 0.338 e. The smallest absolute Gasteiger partial charge is 0.230 e. The Morgan fingerprint density at radius 1 is 1.15 bits per heavy atom. The highest BCUT2D eigenvalue weighted by Crippen LogP contribution is 2.23. The predicted molar refractivity (Wildman–Crippen MR) is 77.0 cm³/mol. The van der Waals surface area contributed by atoms with Crippen LogP contribution in [0.1, 0.15) is 5.56 Å². The molecule has 3 rings (SSSR count). The molecule has 0 aliphatic heterocycles. The van der Waals surface area contributed by atoms with E-state index in [0.29, 0.717) is 11.7 Å². The average molecular weight is 287 g/mol. The Bertz CT molecular complexity index is 724. The Morgan fingerprint density at radius 2 is 1.95 bits per heavy atom. The second kappa shape index (κ2) is 5.30. The molecule has 0 amide bonds. The van der Waals surface area contributed by atoms with Gasteiger partial charge < -0.3 is 9.84 Å². The molecule has 0 fully saturated rings. The molecule has 2 aromatic heterocycles. The van der Waals surface area contributed by atoms with E-state index < -0.39 is 0 Å². The maximum Gasteiger partial charge on any atom is 0.230 e. The molecule has 0 unspecified atom stereocenters. The minimum atomic E-state index is 0.174. The van der Waals surface area contributed by atoms with Crippen LogP contribution >= 0.6 is 11.6 Å². The first kappa shape index (κ1) is 12.6. The molecule has 1 aromatic carbocycles. The topological polar surface area (TPSA) is 63.8 Å². The van der Waals surface area contributed by atoms with Gasteiger partial charge in [-0.25, -0.2) is 9.97 Å². The third-order valence-electron chi connectivity index (χ3n) is 2.73. The second-order valence-corrected chi connectivity index (χ2v) is 4.62. The molecule has 0 bridgehead atoms. The summed E-state index contributed by atoms with van der Waals surface area (Å²) in [6.45, 7) is 2.04. The lowest BCUT2D eigenvalue weighted by molar-refractivity contribution is 0.437. The summed E-state index contributed by atoms with van der Waals surface area (Å²) in [5, 5.41) is 7.18. The highest BCUT2D eigenvalue weighted by Gasteiger charge is 2.07. The molecule has 0 aliphatic rings. The summed E-state index contributed by atoms with van der Waals surface area (Å²) in [7, 11) is 0. The van der Waals surface area contributed by atoms with Crippen molar-refractivity contribution in [2.75, 3.05) is 5.32 Å². The van der Waals surface area contributed by atoms with Gasteiger partial charge in [0.2, 0.25) is 11.2 Å². The molecule has 6 heteroatoms. The van der Waals surface area contributed by atoms with E-state index in [1.807, 2.05) is 31.2 Å². The van der Waals surface area contributed by atoms with Gasteiger partial charge in [-0.05, 0) is 24.6 Å². The van der Waals surface area contributed by atoms with Crippen LogP contribution in [0.25, 0.3) is 11.3 Å². The molecule has 20 heavy (non-hydrogen) atoms. The van der Waals surface area contributed by atoms with Crippen LogP contribution in [0.15, 0.2) is 47.1 Å². The molecule has 100 valence electrons. The van der Waals surface area contributed by atoms with Gasteiger partial charge in [-0.15, -0.1) is 0 Å². The lowest BCUT2D eigenvalue weighted by atomic mass is 10.1. The Kier molecular flexibility index (Phi) is 3.35. The van der Waals surface area contributed by atoms with Crippen molar-refractivity contribution in [2.45, 2.75) is 6.92 Å². The van der Waals surface area contributed by atoms with Crippen molar-refractivity contribution >= 4 is 23.3 Å². The monoisotopic (exact) mass is 286 g/mol. The molecule has 5 nitrogen and oxygen atoms in total. The number of aryl methyl sites for hydroxylation is 1. The fraction of sp³-hybridized carbons (Fsp3) is 0.0714. The molecule has 0 atom stereocenters. The molecule has 0 spiro atoms. The summed E-state index contributed by atoms with van der Waals surface area (Å²) < 4.78 is 5.23. The van der Waals surface area contributed by atoms with E-state index in [4.69, 9.17) is 16.1 Å². The van der Waals surface area contributed by atoms with E-state index in [0.717, 1.165) is 11.3 Å². The number of hydrogen-bond acceptors (Lipinski definition) is 5. The lowest BCUT2D eigenvalue weighted by Crippen LogP contribution is -1.92. The molecule has 1 N–H and O–H groups in total. The molecule has 0 saturated heterocycles. The van der Waals surface area contributed by atoms with Gasteiger partial charge in [-0.1, -0.05) is 35.0 Å². The maximum atomic E-state index is 5.72. The van der Waals surface area contributed by atoms with Crippen LogP contribution < -0.4 is 5.32 Å². The summed E-state index contributed by atoms with van der Waals surface area (Å²) in [5.41, 5.74) is 2.95. The van der Waals surface area contributed by atoms with Gasteiger partial charge in [0.05, 0.1) is 0 Å². The Balaban J connectivity index is 1.82. The molecule has 3 aromatic rings. The zero-order valence-corrected chi connectivity index (χ0v) is 11.4. The zero-order valence-electron chi connectivity index (χ0n) is 10.7. The first-order chi connectivity index (χ1) is 9.70. The van der Waals surface area contributed by atoms with Crippen molar-refractivity contribution in [3.63, 3.8) is 0 Å². The highest BCUT2D eigenvalue weighted by molar-refractivity contribution is 6.28. The van der Waals surface area contributed by atoms with Gasteiger partial charge in [-0.3, -0.25) is 0 Å². The van der Waals surface area contributed by atoms with E-state index in [1.54, 1.807) is 18.3 Å². The quantitative estimate of drug-likeness (QED) is 0.741. The minimum absolute atomic E-state index is 0.174. The van der Waals surface area contributed by atoms with Crippen LogP contribution in [-0.4, -0.2) is 15.1 Å². The summed E-state index contributed by atoms with van der Waals surface area (Å²) in [4.78, 5) is 7.83. The Hall–Kier alpha value is -2.40. The Morgan fingerprint density at radius 3 is 2.70 bits per heavy atom. The number of benzene rings is 1. The van der Waals surface area contributed by atoms with E-state index in [9.17, 15) is 0 Å². The SMILES string of the molecule is Cc1ccc(-c2cc(Nc3ccnc(Cl)n3)on2)cc1. The van der Waals surface area contributed by atoms with E-state index in [2.05, 4.69) is 20.4 Å². The lowest BCUT2D eigenvalue weighted by Gasteiger charge is -1.99. The van der Waals surface area contributed by atoms with Crippen molar-refractivity contribution < 1.29 is 4.52 Å². The first-order valence-electron chi connectivity index (χ1n) is 6.00. The summed E-state index contributed by atoms with van der Waals surface area (Å²) in [6, 6.07) is 11.6. The molecule has 0 aliphatic carbocycles. The van der Waals surface area contributed by atoms with Crippen LogP contribution in [-0.2, 0) is 0 Å². The van der Waals surface area contributed by atoms with Crippen molar-refractivity contribution in [2.24, 2.45) is 0 Å². The fourth-order valence-corrected chi connectivity index (χ4v) is 1.87. The number of aromatic nitrogens is 3.